The minimum absolute atomic E-state index is 0.168. The Hall–Kier alpha value is -3.51. The van der Waals surface area contributed by atoms with Gasteiger partial charge in [-0.25, -0.2) is 9.67 Å². The minimum Gasteiger partial charge on any atom is -0.340 e. The van der Waals surface area contributed by atoms with Crippen molar-refractivity contribution in [2.45, 2.75) is 20.0 Å². The Balaban J connectivity index is 1.68. The van der Waals surface area contributed by atoms with E-state index in [1.807, 2.05) is 17.6 Å². The molecule has 0 atom stereocenters. The molecule has 29 heavy (non-hydrogen) atoms. The van der Waals surface area contributed by atoms with Gasteiger partial charge in [0.15, 0.2) is 5.78 Å². The lowest BCUT2D eigenvalue weighted by Crippen LogP contribution is -2.44. The smallest absolute Gasteiger partial charge is 0.293 e. The van der Waals surface area contributed by atoms with Crippen LogP contribution in [0.15, 0.2) is 35.3 Å². The maximum atomic E-state index is 13.1. The fourth-order valence-electron chi connectivity index (χ4n) is 3.55. The highest BCUT2D eigenvalue weighted by molar-refractivity contribution is 5.96. The van der Waals surface area contributed by atoms with Crippen LogP contribution in [-0.2, 0) is 13.1 Å². The lowest BCUT2D eigenvalue weighted by atomic mass is 10.1. The second-order valence-corrected chi connectivity index (χ2v) is 6.85. The van der Waals surface area contributed by atoms with Gasteiger partial charge in [-0.3, -0.25) is 9.59 Å². The van der Waals surface area contributed by atoms with Crippen LogP contribution in [0.1, 0.15) is 22.8 Å². The van der Waals surface area contributed by atoms with Gasteiger partial charge in [0.05, 0.1) is 17.8 Å². The molecule has 1 N–H and O–H groups in total. The van der Waals surface area contributed by atoms with Crippen LogP contribution in [0.4, 0.5) is 5.95 Å². The van der Waals surface area contributed by atoms with Crippen molar-refractivity contribution < 1.29 is 4.79 Å². The highest BCUT2D eigenvalue weighted by Gasteiger charge is 2.21. The topological polar surface area (TPSA) is 109 Å². The first-order valence-electron chi connectivity index (χ1n) is 9.57. The molecule has 2 aromatic heterocycles. The van der Waals surface area contributed by atoms with E-state index in [9.17, 15) is 9.59 Å². The molecule has 1 aliphatic rings. The number of ketones is 1. The Morgan fingerprint density at radius 2 is 1.97 bits per heavy atom. The zero-order valence-electron chi connectivity index (χ0n) is 16.1. The van der Waals surface area contributed by atoms with Crippen LogP contribution in [0.5, 0.6) is 0 Å². The number of carbonyl (C=O) groups is 1. The number of carbonyl (C=O) groups excluding carboxylic acids is 1. The Labute approximate surface area is 167 Å². The van der Waals surface area contributed by atoms with Crippen LogP contribution in [0.3, 0.4) is 0 Å². The third-order valence-electron chi connectivity index (χ3n) is 5.08. The fraction of sp³-hybridized carbons (Fsp3) is 0.350. The van der Waals surface area contributed by atoms with E-state index in [1.54, 1.807) is 30.5 Å². The lowest BCUT2D eigenvalue weighted by Gasteiger charge is -2.28. The monoisotopic (exact) mass is 391 g/mol. The van der Waals surface area contributed by atoms with E-state index in [0.29, 0.717) is 28.7 Å². The van der Waals surface area contributed by atoms with Crippen LogP contribution in [0.2, 0.25) is 0 Å². The number of fused-ring (bicyclic) bond motifs is 1. The van der Waals surface area contributed by atoms with Crippen LogP contribution in [-0.4, -0.2) is 51.3 Å². The van der Waals surface area contributed by atoms with E-state index in [4.69, 9.17) is 5.26 Å². The third kappa shape index (κ3) is 3.50. The summed E-state index contributed by atoms with van der Waals surface area (Å²) in [7, 11) is 0. The number of hydrogen-bond donors (Lipinski definition) is 1. The lowest BCUT2D eigenvalue weighted by molar-refractivity contribution is 0.0966. The molecule has 9 nitrogen and oxygen atoms in total. The number of nitriles is 1. The number of imidazole rings is 1. The maximum Gasteiger partial charge on any atom is 0.293 e. The maximum absolute atomic E-state index is 13.1. The quantitative estimate of drug-likeness (QED) is 0.640. The Morgan fingerprint density at radius 1 is 1.24 bits per heavy atom. The standard InChI is InChI=1S/C20H21N7O2/c1-2-26-18-16(24-20(26)25-9-7-22-8-10-25)12-23-27(19(18)29)13-17(28)15-5-3-14(11-21)4-6-15/h3-6,12,22H,2,7-10,13H2,1H3. The summed E-state index contributed by atoms with van der Waals surface area (Å²) in [6.45, 7) is 5.78. The minimum atomic E-state index is -0.333. The molecule has 1 aliphatic heterocycles. The number of nitrogens with zero attached hydrogens (tertiary/aromatic N) is 6. The van der Waals surface area contributed by atoms with Crippen LogP contribution in [0, 0.1) is 11.3 Å². The number of piperazine rings is 1. The number of benzene rings is 1. The van der Waals surface area contributed by atoms with Crippen molar-refractivity contribution in [1.29, 1.82) is 5.26 Å². The summed E-state index contributed by atoms with van der Waals surface area (Å²) in [6, 6.07) is 8.35. The van der Waals surface area contributed by atoms with Gasteiger partial charge >= 0.3 is 0 Å². The molecular weight excluding hydrogens is 370 g/mol. The Morgan fingerprint density at radius 3 is 2.62 bits per heavy atom. The molecule has 0 saturated carbocycles. The first kappa shape index (κ1) is 18.8. The molecule has 1 aromatic carbocycles. The number of aryl methyl sites for hydroxylation is 1. The van der Waals surface area contributed by atoms with E-state index < -0.39 is 0 Å². The normalized spacial score (nSPS) is 14.1. The molecule has 4 rings (SSSR count). The van der Waals surface area contributed by atoms with Crippen molar-refractivity contribution >= 4 is 22.8 Å². The van der Waals surface area contributed by atoms with Gasteiger partial charge in [0.1, 0.15) is 17.6 Å². The summed E-state index contributed by atoms with van der Waals surface area (Å²) < 4.78 is 3.08. The summed E-state index contributed by atoms with van der Waals surface area (Å²) in [5, 5.41) is 16.4. The molecular formula is C20H21N7O2. The van der Waals surface area contributed by atoms with Crippen molar-refractivity contribution in [2.75, 3.05) is 31.1 Å². The summed E-state index contributed by atoms with van der Waals surface area (Å²) in [5.74, 6) is 0.521. The van der Waals surface area contributed by atoms with E-state index in [0.717, 1.165) is 32.1 Å². The number of hydrogen-bond acceptors (Lipinski definition) is 7. The number of rotatable bonds is 5. The Kier molecular flexibility index (Phi) is 5.10. The number of aromatic nitrogens is 4. The van der Waals surface area contributed by atoms with Gasteiger partial charge in [-0.2, -0.15) is 10.4 Å². The van der Waals surface area contributed by atoms with Crippen LogP contribution < -0.4 is 15.8 Å². The summed E-state index contributed by atoms with van der Waals surface area (Å²) >= 11 is 0. The van der Waals surface area contributed by atoms with Gasteiger partial charge in [-0.15, -0.1) is 0 Å². The largest absolute Gasteiger partial charge is 0.340 e. The molecule has 9 heteroatoms. The molecule has 0 unspecified atom stereocenters. The zero-order chi connectivity index (χ0) is 20.4. The summed E-state index contributed by atoms with van der Waals surface area (Å²) in [4.78, 5) is 32.5. The van der Waals surface area contributed by atoms with Crippen molar-refractivity contribution in [3.05, 3.63) is 51.9 Å². The second kappa shape index (κ2) is 7.85. The Bertz CT molecular complexity index is 1150. The van der Waals surface area contributed by atoms with Gasteiger partial charge in [-0.1, -0.05) is 12.1 Å². The first-order valence-corrected chi connectivity index (χ1v) is 9.57. The summed E-state index contributed by atoms with van der Waals surface area (Å²) in [6.07, 6.45) is 1.54. The molecule has 148 valence electrons. The average molecular weight is 391 g/mol. The summed E-state index contributed by atoms with van der Waals surface area (Å²) in [5.41, 5.74) is 1.57. The van der Waals surface area contributed by atoms with Gasteiger partial charge in [0, 0.05) is 38.3 Å². The first-order chi connectivity index (χ1) is 14.1. The molecule has 1 fully saturated rings. The fourth-order valence-corrected chi connectivity index (χ4v) is 3.55. The van der Waals surface area contributed by atoms with Crippen molar-refractivity contribution in [3.63, 3.8) is 0 Å². The molecule has 1 saturated heterocycles. The zero-order valence-corrected chi connectivity index (χ0v) is 16.1. The molecule has 3 aromatic rings. The average Bonchev–Trinajstić information content (AvgIpc) is 3.15. The predicted molar refractivity (Wildman–Crippen MR) is 108 cm³/mol. The number of nitrogens with one attached hydrogen (secondary N) is 1. The van der Waals surface area contributed by atoms with Crippen LogP contribution in [0.25, 0.3) is 11.0 Å². The molecule has 3 heterocycles. The van der Waals surface area contributed by atoms with E-state index in [2.05, 4.69) is 20.3 Å². The van der Waals surface area contributed by atoms with Crippen LogP contribution >= 0.6 is 0 Å². The van der Waals surface area contributed by atoms with Crippen molar-refractivity contribution in [3.8, 4) is 6.07 Å². The van der Waals surface area contributed by atoms with Crippen molar-refractivity contribution in [2.24, 2.45) is 0 Å². The van der Waals surface area contributed by atoms with E-state index in [-0.39, 0.29) is 17.9 Å². The predicted octanol–water partition coefficient (Wildman–Crippen LogP) is 0.777. The number of anilines is 1. The van der Waals surface area contributed by atoms with Gasteiger partial charge in [0.25, 0.3) is 5.56 Å². The highest BCUT2D eigenvalue weighted by atomic mass is 16.1. The van der Waals surface area contributed by atoms with E-state index >= 15 is 0 Å². The molecule has 0 amide bonds. The van der Waals surface area contributed by atoms with Gasteiger partial charge in [-0.05, 0) is 19.1 Å². The SMILES string of the molecule is CCn1c(N2CCNCC2)nc2cnn(CC(=O)c3ccc(C#N)cc3)c(=O)c21. The van der Waals surface area contributed by atoms with Gasteiger partial charge < -0.3 is 14.8 Å². The van der Waals surface area contributed by atoms with E-state index in [1.165, 1.54) is 4.68 Å². The molecule has 0 bridgehead atoms. The number of Topliss-reactive ketones (excluding diaryl/α,β-unsaturated/α-hetero) is 1. The van der Waals surface area contributed by atoms with Gasteiger partial charge in [0.2, 0.25) is 5.95 Å². The second-order valence-electron chi connectivity index (χ2n) is 6.85. The third-order valence-corrected chi connectivity index (χ3v) is 5.08. The van der Waals surface area contributed by atoms with Crippen molar-refractivity contribution in [1.82, 2.24) is 24.6 Å². The highest BCUT2D eigenvalue weighted by Crippen LogP contribution is 2.20. The molecule has 0 aliphatic carbocycles. The molecule has 0 radical (unpaired) electrons. The molecule has 0 spiro atoms.